The lowest BCUT2D eigenvalue weighted by molar-refractivity contribution is 0.0460. The fourth-order valence-corrected chi connectivity index (χ4v) is 5.18. The number of hydrogen-bond donors (Lipinski definition) is 2. The van der Waals surface area contributed by atoms with Gasteiger partial charge in [0.25, 0.3) is 5.91 Å². The first-order chi connectivity index (χ1) is 17.0. The second-order valence-corrected chi connectivity index (χ2v) is 9.63. The second kappa shape index (κ2) is 8.74. The van der Waals surface area contributed by atoms with Crippen LogP contribution in [0.2, 0.25) is 0 Å². The largest absolute Gasteiger partial charge is 0.336 e. The molecule has 4 aromatic rings. The number of carbonyl (C=O) groups is 1. The Labute approximate surface area is 203 Å². The van der Waals surface area contributed by atoms with Crippen molar-refractivity contribution in [2.45, 2.75) is 51.9 Å². The fourth-order valence-electron chi connectivity index (χ4n) is 5.18. The zero-order valence-electron chi connectivity index (χ0n) is 19.9. The van der Waals surface area contributed by atoms with E-state index in [0.717, 1.165) is 49.4 Å². The van der Waals surface area contributed by atoms with Crippen molar-refractivity contribution in [3.63, 3.8) is 0 Å². The van der Waals surface area contributed by atoms with E-state index < -0.39 is 0 Å². The lowest BCUT2D eigenvalue weighted by Gasteiger charge is -2.41. The Hall–Kier alpha value is -3.85. The van der Waals surface area contributed by atoms with Crippen LogP contribution in [0.1, 0.15) is 46.9 Å². The molecule has 2 N–H and O–H groups in total. The lowest BCUT2D eigenvalue weighted by atomic mass is 9.96. The molecule has 2 atom stereocenters. The number of aromatic amines is 1. The van der Waals surface area contributed by atoms with Crippen LogP contribution in [0, 0.1) is 6.92 Å². The Morgan fingerprint density at radius 1 is 1.14 bits per heavy atom. The van der Waals surface area contributed by atoms with Crippen LogP contribution in [0.4, 0.5) is 11.6 Å². The number of H-pyrrole nitrogens is 1. The highest BCUT2D eigenvalue weighted by Crippen LogP contribution is 2.31. The summed E-state index contributed by atoms with van der Waals surface area (Å²) in [6, 6.07) is 14.3. The van der Waals surface area contributed by atoms with Gasteiger partial charge in [-0.2, -0.15) is 0 Å². The van der Waals surface area contributed by atoms with E-state index in [1.165, 1.54) is 11.1 Å². The molecule has 2 aromatic heterocycles. The van der Waals surface area contributed by atoms with Gasteiger partial charge in [-0.3, -0.25) is 14.8 Å². The summed E-state index contributed by atoms with van der Waals surface area (Å²) in [7, 11) is 0. The molecular formula is C26H28N8O. The van der Waals surface area contributed by atoms with Gasteiger partial charge in [-0.25, -0.2) is 9.97 Å². The van der Waals surface area contributed by atoms with Crippen LogP contribution in [-0.2, 0) is 13.1 Å². The summed E-state index contributed by atoms with van der Waals surface area (Å²) in [5.41, 5.74) is 6.69. The topological polar surface area (TPSA) is 103 Å². The van der Waals surface area contributed by atoms with Crippen molar-refractivity contribution in [3.8, 4) is 0 Å². The molecule has 35 heavy (non-hydrogen) atoms. The molecule has 0 spiro atoms. The number of benzene rings is 2. The van der Waals surface area contributed by atoms with Crippen molar-refractivity contribution in [3.05, 3.63) is 71.0 Å². The van der Waals surface area contributed by atoms with Crippen LogP contribution in [0.15, 0.2) is 48.7 Å². The molecule has 178 valence electrons. The molecule has 9 nitrogen and oxygen atoms in total. The predicted molar refractivity (Wildman–Crippen MR) is 133 cm³/mol. The molecule has 0 aliphatic carbocycles. The summed E-state index contributed by atoms with van der Waals surface area (Å²) in [4.78, 5) is 27.0. The van der Waals surface area contributed by atoms with E-state index in [4.69, 9.17) is 4.98 Å². The summed E-state index contributed by atoms with van der Waals surface area (Å²) in [5, 5.41) is 14.0. The number of likely N-dealkylation sites (tertiary alicyclic amines) is 1. The van der Waals surface area contributed by atoms with Crippen LogP contribution in [0.25, 0.3) is 11.0 Å². The molecule has 1 amide bonds. The molecular weight excluding hydrogens is 440 g/mol. The molecule has 1 saturated heterocycles. The van der Waals surface area contributed by atoms with E-state index in [9.17, 15) is 4.79 Å². The first-order valence-corrected chi connectivity index (χ1v) is 12.1. The lowest BCUT2D eigenvalue weighted by Crippen LogP contribution is -2.50. The van der Waals surface area contributed by atoms with Crippen LogP contribution in [-0.4, -0.2) is 59.7 Å². The van der Waals surface area contributed by atoms with E-state index in [1.54, 1.807) is 0 Å². The van der Waals surface area contributed by atoms with Gasteiger partial charge in [0.2, 0.25) is 5.95 Å². The van der Waals surface area contributed by atoms with Gasteiger partial charge in [-0.15, -0.1) is 5.10 Å². The van der Waals surface area contributed by atoms with E-state index in [2.05, 4.69) is 56.6 Å². The van der Waals surface area contributed by atoms with Gasteiger partial charge in [0, 0.05) is 54.7 Å². The smallest absolute Gasteiger partial charge is 0.254 e. The summed E-state index contributed by atoms with van der Waals surface area (Å²) < 4.78 is 0. The molecule has 0 radical (unpaired) electrons. The van der Waals surface area contributed by atoms with Crippen LogP contribution >= 0.6 is 0 Å². The Balaban J connectivity index is 1.10. The highest BCUT2D eigenvalue weighted by molar-refractivity contribution is 5.97. The number of nitrogens with one attached hydrogen (secondary N) is 2. The highest BCUT2D eigenvalue weighted by atomic mass is 16.2. The van der Waals surface area contributed by atoms with Crippen LogP contribution in [0.3, 0.4) is 0 Å². The Bertz CT molecular complexity index is 1380. The molecule has 0 bridgehead atoms. The zero-order valence-corrected chi connectivity index (χ0v) is 19.9. The minimum absolute atomic E-state index is 0.0586. The van der Waals surface area contributed by atoms with E-state index in [-0.39, 0.29) is 11.9 Å². The number of aryl methyl sites for hydroxylation is 1. The van der Waals surface area contributed by atoms with E-state index in [1.807, 2.05) is 41.4 Å². The summed E-state index contributed by atoms with van der Waals surface area (Å²) in [6.45, 7) is 6.62. The molecule has 2 aliphatic heterocycles. The maximum absolute atomic E-state index is 13.2. The van der Waals surface area contributed by atoms with Crippen molar-refractivity contribution >= 4 is 28.6 Å². The standard InChI is InChI=1S/C26H28N8O/c1-16-3-6-20(7-4-16)28-26-27-13-19-14-33(15-24(19)29-26)21-9-10-34(17(2)11-21)25(35)18-5-8-22-23(12-18)31-32-30-22/h3-8,12-13,17,21H,9-11,14-15H2,1-2H3,(H,27,28,29)(H,30,31,32)/t17-,21-/m1/s1. The van der Waals surface area contributed by atoms with Gasteiger partial charge in [0.05, 0.1) is 11.2 Å². The zero-order chi connectivity index (χ0) is 23.9. The Kier molecular flexibility index (Phi) is 5.41. The number of piperidine rings is 1. The molecule has 0 unspecified atom stereocenters. The predicted octanol–water partition coefficient (Wildman–Crippen LogP) is 3.81. The normalized spacial score (nSPS) is 20.2. The number of rotatable bonds is 4. The Morgan fingerprint density at radius 3 is 2.83 bits per heavy atom. The third kappa shape index (κ3) is 4.23. The van der Waals surface area contributed by atoms with Gasteiger partial charge >= 0.3 is 0 Å². The molecule has 6 rings (SSSR count). The second-order valence-electron chi connectivity index (χ2n) is 9.63. The summed E-state index contributed by atoms with van der Waals surface area (Å²) in [6.07, 6.45) is 3.83. The first kappa shape index (κ1) is 21.7. The number of carbonyl (C=O) groups excluding carboxylic acids is 1. The summed E-state index contributed by atoms with van der Waals surface area (Å²) in [5.74, 6) is 0.690. The van der Waals surface area contributed by atoms with Crippen molar-refractivity contribution in [2.24, 2.45) is 0 Å². The third-order valence-electron chi connectivity index (χ3n) is 7.19. The van der Waals surface area contributed by atoms with Crippen LogP contribution in [0.5, 0.6) is 0 Å². The maximum Gasteiger partial charge on any atom is 0.254 e. The fraction of sp³-hybridized carbons (Fsp3) is 0.346. The summed E-state index contributed by atoms with van der Waals surface area (Å²) >= 11 is 0. The maximum atomic E-state index is 13.2. The molecule has 4 heterocycles. The molecule has 9 heteroatoms. The third-order valence-corrected chi connectivity index (χ3v) is 7.19. The number of aromatic nitrogens is 5. The van der Waals surface area contributed by atoms with Gasteiger partial charge in [0.15, 0.2) is 0 Å². The van der Waals surface area contributed by atoms with Gasteiger partial charge in [-0.05, 0) is 57.0 Å². The quantitative estimate of drug-likeness (QED) is 0.469. The average molecular weight is 469 g/mol. The number of fused-ring (bicyclic) bond motifs is 2. The number of hydrogen-bond acceptors (Lipinski definition) is 7. The van der Waals surface area contributed by atoms with Crippen LogP contribution < -0.4 is 5.32 Å². The Morgan fingerprint density at radius 2 is 2.00 bits per heavy atom. The monoisotopic (exact) mass is 468 g/mol. The first-order valence-electron chi connectivity index (χ1n) is 12.1. The minimum atomic E-state index is 0.0586. The van der Waals surface area contributed by atoms with Gasteiger partial charge in [-0.1, -0.05) is 22.9 Å². The number of amides is 1. The van der Waals surface area contributed by atoms with E-state index in [0.29, 0.717) is 23.1 Å². The molecule has 2 aliphatic rings. The molecule has 2 aromatic carbocycles. The number of anilines is 2. The molecule has 0 saturated carbocycles. The van der Waals surface area contributed by atoms with Gasteiger partial charge < -0.3 is 10.2 Å². The van der Waals surface area contributed by atoms with Crippen molar-refractivity contribution in [1.82, 2.24) is 35.2 Å². The highest BCUT2D eigenvalue weighted by Gasteiger charge is 2.35. The SMILES string of the molecule is Cc1ccc(Nc2ncc3c(n2)CN([C@@H]2CCN(C(=O)c4ccc5[nH]nnc5c4)[C@H](C)C2)C3)cc1. The van der Waals surface area contributed by atoms with E-state index >= 15 is 0 Å². The minimum Gasteiger partial charge on any atom is -0.336 e. The average Bonchev–Trinajstić information content (AvgIpc) is 3.51. The van der Waals surface area contributed by atoms with Crippen molar-refractivity contribution in [2.75, 3.05) is 11.9 Å². The molecule has 1 fully saturated rings. The van der Waals surface area contributed by atoms with Crippen molar-refractivity contribution < 1.29 is 4.79 Å². The van der Waals surface area contributed by atoms with Crippen molar-refractivity contribution in [1.29, 1.82) is 0 Å². The van der Waals surface area contributed by atoms with Gasteiger partial charge in [0.1, 0.15) is 5.52 Å². The number of nitrogens with zero attached hydrogens (tertiary/aromatic N) is 6.